The molecule has 3 rings (SSSR count). The molecule has 0 aromatic heterocycles. The van der Waals surface area contributed by atoms with Gasteiger partial charge in [0.1, 0.15) is 0 Å². The molecule has 1 heterocycles. The van der Waals surface area contributed by atoms with E-state index in [4.69, 9.17) is 10.00 Å². The number of benzene rings is 1. The summed E-state index contributed by atoms with van der Waals surface area (Å²) in [5, 5.41) is 11.4. The van der Waals surface area contributed by atoms with E-state index in [9.17, 15) is 19.2 Å². The van der Waals surface area contributed by atoms with Gasteiger partial charge in [-0.25, -0.2) is 0 Å². The first-order chi connectivity index (χ1) is 13.9. The van der Waals surface area contributed by atoms with Gasteiger partial charge in [-0.2, -0.15) is 5.26 Å². The van der Waals surface area contributed by atoms with Crippen LogP contribution in [0, 0.1) is 23.2 Å². The summed E-state index contributed by atoms with van der Waals surface area (Å²) < 4.78 is 5.13. The van der Waals surface area contributed by atoms with Gasteiger partial charge in [-0.1, -0.05) is 12.8 Å². The van der Waals surface area contributed by atoms with Crippen molar-refractivity contribution < 1.29 is 23.9 Å². The molecule has 8 nitrogen and oxygen atoms in total. The van der Waals surface area contributed by atoms with Crippen molar-refractivity contribution in [3.05, 3.63) is 29.8 Å². The number of imide groups is 1. The fraction of sp³-hybridized carbons (Fsp3) is 0.476. The number of nitriles is 1. The molecule has 29 heavy (non-hydrogen) atoms. The van der Waals surface area contributed by atoms with Crippen LogP contribution in [0.2, 0.25) is 0 Å². The van der Waals surface area contributed by atoms with Crippen LogP contribution >= 0.6 is 0 Å². The van der Waals surface area contributed by atoms with Crippen molar-refractivity contribution in [2.75, 3.05) is 11.9 Å². The van der Waals surface area contributed by atoms with Crippen LogP contribution in [0.25, 0.3) is 0 Å². The van der Waals surface area contributed by atoms with Gasteiger partial charge >= 0.3 is 5.97 Å². The number of fused-ring (bicyclic) bond motifs is 1. The molecule has 0 unspecified atom stereocenters. The number of hydrogen-bond acceptors (Lipinski definition) is 6. The van der Waals surface area contributed by atoms with Gasteiger partial charge in [-0.3, -0.25) is 24.1 Å². The second-order valence-corrected chi connectivity index (χ2v) is 7.39. The van der Waals surface area contributed by atoms with E-state index in [2.05, 4.69) is 5.32 Å². The molecule has 8 heteroatoms. The average molecular weight is 397 g/mol. The molecule has 1 saturated heterocycles. The zero-order valence-corrected chi connectivity index (χ0v) is 16.2. The number of likely N-dealkylation sites (tertiary alicyclic amines) is 1. The minimum absolute atomic E-state index is 0.0204. The molecule has 0 bridgehead atoms. The Bertz CT molecular complexity index is 834. The van der Waals surface area contributed by atoms with E-state index < -0.39 is 18.0 Å². The maximum atomic E-state index is 12.4. The lowest BCUT2D eigenvalue weighted by molar-refractivity contribution is -0.154. The van der Waals surface area contributed by atoms with E-state index >= 15 is 0 Å². The second-order valence-electron chi connectivity index (χ2n) is 7.39. The van der Waals surface area contributed by atoms with Gasteiger partial charge in [-0.15, -0.1) is 0 Å². The SMILES string of the molecule is C[C@H](OC(=O)CCN1C(=O)[C@H]2CCCC[C@H]2C1=O)C(=O)Nc1ccc(C#N)cc1. The van der Waals surface area contributed by atoms with Crippen LogP contribution in [0.4, 0.5) is 5.69 Å². The highest BCUT2D eigenvalue weighted by molar-refractivity contribution is 6.05. The minimum Gasteiger partial charge on any atom is -0.452 e. The van der Waals surface area contributed by atoms with Crippen molar-refractivity contribution in [2.24, 2.45) is 11.8 Å². The van der Waals surface area contributed by atoms with Crippen molar-refractivity contribution in [2.45, 2.75) is 45.1 Å². The van der Waals surface area contributed by atoms with Gasteiger partial charge in [0, 0.05) is 12.2 Å². The number of ether oxygens (including phenoxy) is 1. The molecular formula is C21H23N3O5. The Hall–Kier alpha value is -3.21. The van der Waals surface area contributed by atoms with Crippen molar-refractivity contribution in [1.29, 1.82) is 5.26 Å². The fourth-order valence-corrected chi connectivity index (χ4v) is 3.84. The number of amides is 3. The third-order valence-electron chi connectivity index (χ3n) is 5.43. The third kappa shape index (κ3) is 4.62. The van der Waals surface area contributed by atoms with E-state index in [1.165, 1.54) is 11.8 Å². The molecule has 3 atom stereocenters. The maximum Gasteiger partial charge on any atom is 0.308 e. The quantitative estimate of drug-likeness (QED) is 0.580. The summed E-state index contributed by atoms with van der Waals surface area (Å²) in [7, 11) is 0. The average Bonchev–Trinajstić information content (AvgIpc) is 2.97. The molecule has 0 spiro atoms. The highest BCUT2D eigenvalue weighted by atomic mass is 16.5. The molecule has 0 radical (unpaired) electrons. The number of carbonyl (C=O) groups is 4. The van der Waals surface area contributed by atoms with Gasteiger partial charge in [0.25, 0.3) is 5.91 Å². The van der Waals surface area contributed by atoms with Gasteiger partial charge in [0.15, 0.2) is 6.10 Å². The third-order valence-corrected chi connectivity index (χ3v) is 5.43. The van der Waals surface area contributed by atoms with Crippen molar-refractivity contribution in [3.8, 4) is 6.07 Å². The van der Waals surface area contributed by atoms with Crippen molar-refractivity contribution in [3.63, 3.8) is 0 Å². The second kappa shape index (κ2) is 8.86. The maximum absolute atomic E-state index is 12.4. The first-order valence-electron chi connectivity index (χ1n) is 9.76. The number of nitrogens with zero attached hydrogens (tertiary/aromatic N) is 2. The zero-order chi connectivity index (χ0) is 21.0. The Morgan fingerprint density at radius 3 is 2.31 bits per heavy atom. The van der Waals surface area contributed by atoms with Crippen LogP contribution in [0.1, 0.15) is 44.6 Å². The normalized spacial score (nSPS) is 21.9. The van der Waals surface area contributed by atoms with E-state index in [-0.39, 0.29) is 36.6 Å². The lowest BCUT2D eigenvalue weighted by Crippen LogP contribution is -2.35. The molecule has 1 aromatic rings. The first kappa shape index (κ1) is 20.5. The van der Waals surface area contributed by atoms with Crippen LogP contribution in [0.3, 0.4) is 0 Å². The van der Waals surface area contributed by atoms with Crippen molar-refractivity contribution >= 4 is 29.4 Å². The summed E-state index contributed by atoms with van der Waals surface area (Å²) in [4.78, 5) is 50.2. The summed E-state index contributed by atoms with van der Waals surface area (Å²) >= 11 is 0. The fourth-order valence-electron chi connectivity index (χ4n) is 3.84. The van der Waals surface area contributed by atoms with Crippen LogP contribution in [-0.4, -0.2) is 41.2 Å². The molecular weight excluding hydrogens is 374 g/mol. The molecule has 1 aliphatic heterocycles. The summed E-state index contributed by atoms with van der Waals surface area (Å²) in [6, 6.07) is 8.27. The molecule has 1 aliphatic carbocycles. The lowest BCUT2D eigenvalue weighted by atomic mass is 9.81. The molecule has 3 amide bonds. The number of hydrogen-bond donors (Lipinski definition) is 1. The standard InChI is InChI=1S/C21H23N3O5/c1-13(19(26)23-15-8-6-14(12-22)7-9-15)29-18(25)10-11-24-20(27)16-4-2-3-5-17(16)21(24)28/h6-9,13,16-17H,2-5,10-11H2,1H3,(H,23,26)/t13-,16-,17+/m0/s1. The summed E-state index contributed by atoms with van der Waals surface area (Å²) in [6.07, 6.45) is 2.16. The number of anilines is 1. The van der Waals surface area contributed by atoms with Crippen LogP contribution < -0.4 is 5.32 Å². The highest BCUT2D eigenvalue weighted by Crippen LogP contribution is 2.37. The Morgan fingerprint density at radius 2 is 1.76 bits per heavy atom. The first-order valence-corrected chi connectivity index (χ1v) is 9.76. The van der Waals surface area contributed by atoms with E-state index in [1.807, 2.05) is 6.07 Å². The van der Waals surface area contributed by atoms with Crippen LogP contribution in [-0.2, 0) is 23.9 Å². The lowest BCUT2D eigenvalue weighted by Gasteiger charge is -2.19. The zero-order valence-electron chi connectivity index (χ0n) is 16.2. The molecule has 1 aromatic carbocycles. The molecule has 2 fully saturated rings. The monoisotopic (exact) mass is 397 g/mol. The Balaban J connectivity index is 1.47. The van der Waals surface area contributed by atoms with E-state index in [1.54, 1.807) is 24.3 Å². The van der Waals surface area contributed by atoms with E-state index in [0.717, 1.165) is 25.7 Å². The summed E-state index contributed by atoms with van der Waals surface area (Å²) in [5.41, 5.74) is 0.945. The molecule has 152 valence electrons. The van der Waals surface area contributed by atoms with Gasteiger partial charge in [-0.05, 0) is 44.0 Å². The van der Waals surface area contributed by atoms with Gasteiger partial charge in [0.05, 0.1) is 29.9 Å². The smallest absolute Gasteiger partial charge is 0.308 e. The predicted molar refractivity (Wildman–Crippen MR) is 102 cm³/mol. The molecule has 1 N–H and O–H groups in total. The Kier molecular flexibility index (Phi) is 6.27. The van der Waals surface area contributed by atoms with Crippen LogP contribution in [0.5, 0.6) is 0 Å². The number of esters is 1. The Morgan fingerprint density at radius 1 is 1.17 bits per heavy atom. The number of rotatable bonds is 6. The Labute approximate surface area is 168 Å². The summed E-state index contributed by atoms with van der Waals surface area (Å²) in [6.45, 7) is 1.42. The minimum atomic E-state index is -1.04. The van der Waals surface area contributed by atoms with E-state index in [0.29, 0.717) is 11.3 Å². The highest BCUT2D eigenvalue weighted by Gasteiger charge is 2.47. The predicted octanol–water partition coefficient (Wildman–Crippen LogP) is 1.99. The van der Waals surface area contributed by atoms with Crippen LogP contribution in [0.15, 0.2) is 24.3 Å². The number of carbonyl (C=O) groups excluding carboxylic acids is 4. The molecule has 2 aliphatic rings. The molecule has 1 saturated carbocycles. The topological polar surface area (TPSA) is 117 Å². The largest absolute Gasteiger partial charge is 0.452 e. The van der Waals surface area contributed by atoms with Gasteiger partial charge < -0.3 is 10.1 Å². The number of nitrogens with one attached hydrogen (secondary N) is 1. The summed E-state index contributed by atoms with van der Waals surface area (Å²) in [5.74, 6) is -2.04. The van der Waals surface area contributed by atoms with Gasteiger partial charge in [0.2, 0.25) is 11.8 Å². The van der Waals surface area contributed by atoms with Crippen molar-refractivity contribution in [1.82, 2.24) is 4.90 Å².